The number of thiophene rings is 1. The fraction of sp³-hybridized carbons (Fsp3) is 0.400. The van der Waals surface area contributed by atoms with E-state index in [0.29, 0.717) is 37.3 Å². The van der Waals surface area contributed by atoms with Gasteiger partial charge < -0.3 is 15.0 Å². The number of benzene rings is 1. The van der Waals surface area contributed by atoms with Gasteiger partial charge >= 0.3 is 5.97 Å². The van der Waals surface area contributed by atoms with Crippen LogP contribution in [0.15, 0.2) is 30.6 Å². The molecule has 2 amide bonds. The molecule has 1 fully saturated rings. The minimum atomic E-state index is -0.989. The molecule has 0 unspecified atom stereocenters. The van der Waals surface area contributed by atoms with E-state index in [9.17, 15) is 14.4 Å². The maximum absolute atomic E-state index is 13.1. The highest BCUT2D eigenvalue weighted by Crippen LogP contribution is 2.36. The number of rotatable bonds is 4. The predicted octanol–water partition coefficient (Wildman–Crippen LogP) is 3.44. The summed E-state index contributed by atoms with van der Waals surface area (Å²) in [6, 6.07) is 7.08. The van der Waals surface area contributed by atoms with E-state index in [1.165, 1.54) is 15.3 Å². The number of aryl methyl sites for hydroxylation is 2. The van der Waals surface area contributed by atoms with E-state index < -0.39 is 12.0 Å². The van der Waals surface area contributed by atoms with Crippen LogP contribution in [-0.2, 0) is 19.1 Å². The van der Waals surface area contributed by atoms with Gasteiger partial charge in [-0.05, 0) is 51.3 Å². The fourth-order valence-electron chi connectivity index (χ4n) is 4.70. The molecule has 1 atom stereocenters. The van der Waals surface area contributed by atoms with E-state index in [-0.39, 0.29) is 24.3 Å². The maximum Gasteiger partial charge on any atom is 0.309 e. The van der Waals surface area contributed by atoms with Gasteiger partial charge in [0, 0.05) is 18.0 Å². The fourth-order valence-corrected chi connectivity index (χ4v) is 5.69. The first kappa shape index (κ1) is 23.2. The van der Waals surface area contributed by atoms with Crippen molar-refractivity contribution in [3.05, 3.63) is 41.0 Å². The molecule has 9 nitrogen and oxygen atoms in total. The van der Waals surface area contributed by atoms with Gasteiger partial charge in [0.15, 0.2) is 6.10 Å². The van der Waals surface area contributed by atoms with Crippen molar-refractivity contribution in [2.24, 2.45) is 5.92 Å². The first-order valence-corrected chi connectivity index (χ1v) is 12.5. The Morgan fingerprint density at radius 1 is 1.17 bits per heavy atom. The molecule has 182 valence electrons. The Morgan fingerprint density at radius 2 is 1.91 bits per heavy atom. The Morgan fingerprint density at radius 3 is 2.69 bits per heavy atom. The summed E-state index contributed by atoms with van der Waals surface area (Å²) in [5.74, 6) is -0.450. The Bertz CT molecular complexity index is 1310. The Kier molecular flexibility index (Phi) is 6.14. The van der Waals surface area contributed by atoms with Crippen LogP contribution in [0.3, 0.4) is 0 Å². The minimum absolute atomic E-state index is 0.106. The molecule has 1 N–H and O–H groups in total. The maximum atomic E-state index is 13.1. The lowest BCUT2D eigenvalue weighted by atomic mass is 9.96. The highest BCUT2D eigenvalue weighted by Gasteiger charge is 2.34. The van der Waals surface area contributed by atoms with E-state index in [1.807, 2.05) is 0 Å². The number of esters is 1. The SMILES string of the molecule is Cc1sc2ncnc(N3CCC(C(=O)O[C@H](C)C(=O)N4CC(=O)Nc5ccccc54)CC3)c2c1C. The average molecular weight is 494 g/mol. The van der Waals surface area contributed by atoms with E-state index >= 15 is 0 Å². The Labute approximate surface area is 207 Å². The molecule has 1 aromatic carbocycles. The zero-order chi connectivity index (χ0) is 24.7. The summed E-state index contributed by atoms with van der Waals surface area (Å²) in [5, 5.41) is 3.84. The lowest BCUT2D eigenvalue weighted by Crippen LogP contribution is -2.47. The number of nitrogens with one attached hydrogen (secondary N) is 1. The van der Waals surface area contributed by atoms with Crippen molar-refractivity contribution in [2.45, 2.75) is 39.7 Å². The van der Waals surface area contributed by atoms with Gasteiger partial charge in [0.2, 0.25) is 5.91 Å². The number of aromatic nitrogens is 2. The molecule has 0 aliphatic carbocycles. The molecule has 1 saturated heterocycles. The molecular formula is C25H27N5O4S. The summed E-state index contributed by atoms with van der Waals surface area (Å²) in [6.07, 6.45) is 1.84. The van der Waals surface area contributed by atoms with E-state index in [0.717, 1.165) is 16.0 Å². The predicted molar refractivity (Wildman–Crippen MR) is 135 cm³/mol. The van der Waals surface area contributed by atoms with E-state index in [1.54, 1.807) is 48.9 Å². The van der Waals surface area contributed by atoms with Crippen molar-refractivity contribution in [2.75, 3.05) is 34.8 Å². The molecule has 0 bridgehead atoms. The van der Waals surface area contributed by atoms with Crippen molar-refractivity contribution in [3.63, 3.8) is 0 Å². The number of hydrogen-bond acceptors (Lipinski definition) is 8. The van der Waals surface area contributed by atoms with Crippen LogP contribution in [0, 0.1) is 19.8 Å². The highest BCUT2D eigenvalue weighted by molar-refractivity contribution is 7.18. The second-order valence-corrected chi connectivity index (χ2v) is 10.2. The number of carbonyl (C=O) groups is 3. The van der Waals surface area contributed by atoms with Crippen molar-refractivity contribution in [1.29, 1.82) is 0 Å². The van der Waals surface area contributed by atoms with Crippen LogP contribution in [0.4, 0.5) is 17.2 Å². The van der Waals surface area contributed by atoms with Crippen molar-refractivity contribution >= 4 is 56.5 Å². The summed E-state index contributed by atoms with van der Waals surface area (Å²) in [6.45, 7) is 6.97. The molecule has 5 rings (SSSR count). The first-order chi connectivity index (χ1) is 16.8. The molecule has 3 aromatic rings. The number of hydrogen-bond donors (Lipinski definition) is 1. The van der Waals surface area contributed by atoms with Crippen LogP contribution in [0.1, 0.15) is 30.2 Å². The average Bonchev–Trinajstić information content (AvgIpc) is 3.16. The van der Waals surface area contributed by atoms with Gasteiger partial charge in [0.1, 0.15) is 23.5 Å². The van der Waals surface area contributed by atoms with Gasteiger partial charge in [-0.25, -0.2) is 9.97 Å². The summed E-state index contributed by atoms with van der Waals surface area (Å²) >= 11 is 1.67. The number of nitrogens with zero attached hydrogens (tertiary/aromatic N) is 4. The normalized spacial score (nSPS) is 17.2. The van der Waals surface area contributed by atoms with Crippen LogP contribution < -0.4 is 15.1 Å². The van der Waals surface area contributed by atoms with Crippen molar-refractivity contribution in [1.82, 2.24) is 9.97 Å². The second kappa shape index (κ2) is 9.26. The molecule has 0 radical (unpaired) electrons. The summed E-state index contributed by atoms with van der Waals surface area (Å²) < 4.78 is 5.58. The molecule has 0 saturated carbocycles. The molecule has 35 heavy (non-hydrogen) atoms. The van der Waals surface area contributed by atoms with Gasteiger partial charge in [-0.1, -0.05) is 12.1 Å². The first-order valence-electron chi connectivity index (χ1n) is 11.7. The van der Waals surface area contributed by atoms with Gasteiger partial charge in [-0.2, -0.15) is 0 Å². The smallest absolute Gasteiger partial charge is 0.309 e. The lowest BCUT2D eigenvalue weighted by molar-refractivity contribution is -0.158. The van der Waals surface area contributed by atoms with Gasteiger partial charge in [0.25, 0.3) is 5.91 Å². The van der Waals surface area contributed by atoms with Gasteiger partial charge in [0.05, 0.1) is 22.7 Å². The van der Waals surface area contributed by atoms with Gasteiger partial charge in [-0.15, -0.1) is 11.3 Å². The van der Waals surface area contributed by atoms with Crippen LogP contribution in [-0.4, -0.2) is 53.5 Å². The van der Waals surface area contributed by atoms with Crippen LogP contribution >= 0.6 is 11.3 Å². The summed E-state index contributed by atoms with van der Waals surface area (Å²) in [4.78, 5) is 52.8. The Balaban J connectivity index is 1.22. The number of fused-ring (bicyclic) bond motifs is 2. The number of carbonyl (C=O) groups excluding carboxylic acids is 3. The third-order valence-corrected chi connectivity index (χ3v) is 7.87. The third kappa shape index (κ3) is 4.34. The molecule has 0 spiro atoms. The molecular weight excluding hydrogens is 466 g/mol. The number of anilines is 3. The summed E-state index contributed by atoms with van der Waals surface area (Å²) in [5.41, 5.74) is 2.36. The standard InChI is InChI=1S/C25H27N5O4S/c1-14-16(3)35-23-21(14)22(26-13-27-23)29-10-8-17(9-11-29)25(33)34-15(2)24(32)30-12-20(31)28-18-6-4-5-7-19(18)30/h4-7,13,15,17H,8-12H2,1-3H3,(H,28,31)/t15-/m1/s1. The topological polar surface area (TPSA) is 105 Å². The quantitative estimate of drug-likeness (QED) is 0.555. The number of para-hydroxylation sites is 2. The summed E-state index contributed by atoms with van der Waals surface area (Å²) in [7, 11) is 0. The van der Waals surface area contributed by atoms with Crippen LogP contribution in [0.25, 0.3) is 10.2 Å². The lowest BCUT2D eigenvalue weighted by Gasteiger charge is -2.33. The van der Waals surface area contributed by atoms with Gasteiger partial charge in [-0.3, -0.25) is 19.3 Å². The minimum Gasteiger partial charge on any atom is -0.452 e. The Hall–Kier alpha value is -3.53. The highest BCUT2D eigenvalue weighted by atomic mass is 32.1. The van der Waals surface area contributed by atoms with Crippen LogP contribution in [0.2, 0.25) is 0 Å². The van der Waals surface area contributed by atoms with Crippen molar-refractivity contribution in [3.8, 4) is 0 Å². The second-order valence-electron chi connectivity index (χ2n) is 8.99. The van der Waals surface area contributed by atoms with Crippen LogP contribution in [0.5, 0.6) is 0 Å². The van der Waals surface area contributed by atoms with E-state index in [2.05, 4.69) is 34.0 Å². The number of amides is 2. The zero-order valence-electron chi connectivity index (χ0n) is 19.9. The molecule has 2 aromatic heterocycles. The largest absolute Gasteiger partial charge is 0.452 e. The molecule has 2 aliphatic heterocycles. The number of ether oxygens (including phenoxy) is 1. The molecule has 2 aliphatic rings. The number of piperidine rings is 1. The third-order valence-electron chi connectivity index (χ3n) is 6.75. The monoisotopic (exact) mass is 493 g/mol. The zero-order valence-corrected chi connectivity index (χ0v) is 20.7. The molecule has 4 heterocycles. The van der Waals surface area contributed by atoms with E-state index in [4.69, 9.17) is 4.74 Å². The molecule has 10 heteroatoms. The van der Waals surface area contributed by atoms with Crippen molar-refractivity contribution < 1.29 is 19.1 Å².